The van der Waals surface area contributed by atoms with Gasteiger partial charge in [0.2, 0.25) is 0 Å². The largest absolute Gasteiger partial charge is 0.0715 e. The summed E-state index contributed by atoms with van der Waals surface area (Å²) >= 11 is -0.0799. The van der Waals surface area contributed by atoms with Gasteiger partial charge in [-0.25, -0.2) is 0 Å². The molecule has 4 radical (unpaired) electrons. The van der Waals surface area contributed by atoms with E-state index in [0.717, 1.165) is 27.9 Å². The summed E-state index contributed by atoms with van der Waals surface area (Å²) in [5.74, 6) is 4.36. The van der Waals surface area contributed by atoms with Crippen LogP contribution in [0.2, 0.25) is 42.0 Å². The van der Waals surface area contributed by atoms with Crippen LogP contribution in [0, 0.1) is 23.7 Å². The molecule has 4 bridgehead atoms. The Morgan fingerprint density at radius 2 is 1.15 bits per heavy atom. The summed E-state index contributed by atoms with van der Waals surface area (Å²) in [4.78, 5) is 0. The number of hydrogen-bond donors (Lipinski definition) is 0. The first-order chi connectivity index (χ1) is 11.8. The summed E-state index contributed by atoms with van der Waals surface area (Å²) < 4.78 is 6.75. The second-order valence-electron chi connectivity index (χ2n) is 11.6. The van der Waals surface area contributed by atoms with Gasteiger partial charge in [-0.05, 0) is 5.04 Å². The molecule has 0 amide bonds. The third-order valence-electron chi connectivity index (χ3n) is 7.40. The maximum Gasteiger partial charge on any atom is 0.0470 e. The predicted octanol–water partition coefficient (Wildman–Crippen LogP) is 6.94. The zero-order valence-corrected chi connectivity index (χ0v) is 23.4. The molecule has 0 unspecified atom stereocenters. The summed E-state index contributed by atoms with van der Waals surface area (Å²) in [5, 5.41) is 0.602. The molecule has 4 saturated carbocycles. The van der Waals surface area contributed by atoms with Crippen LogP contribution in [-0.2, 0) is 3.76 Å². The van der Waals surface area contributed by atoms with E-state index in [4.69, 9.17) is 3.76 Å². The summed E-state index contributed by atoms with van der Waals surface area (Å²) in [6.07, 6.45) is 7.81. The molecule has 1 nitrogen and oxygen atoms in total. The molecular formula is C22H44GeOSi2. The van der Waals surface area contributed by atoms with Crippen LogP contribution in [-0.4, -0.2) is 39.0 Å². The van der Waals surface area contributed by atoms with Crippen LogP contribution in [0.5, 0.6) is 0 Å². The summed E-state index contributed by atoms with van der Waals surface area (Å²) in [5.41, 5.74) is 0.246. The Bertz CT molecular complexity index is 436. The molecule has 4 aliphatic carbocycles. The van der Waals surface area contributed by atoms with E-state index in [1.54, 1.807) is 32.1 Å². The first-order valence-electron chi connectivity index (χ1n) is 10.8. The van der Waals surface area contributed by atoms with Crippen LogP contribution in [0.15, 0.2) is 0 Å². The van der Waals surface area contributed by atoms with Gasteiger partial charge in [-0.2, -0.15) is 0 Å². The molecule has 1 saturated heterocycles. The molecule has 150 valence electrons. The molecule has 1 heterocycles. The van der Waals surface area contributed by atoms with Gasteiger partial charge in [0.05, 0.1) is 0 Å². The van der Waals surface area contributed by atoms with Gasteiger partial charge < -0.3 is 0 Å². The molecule has 26 heavy (non-hydrogen) atoms. The van der Waals surface area contributed by atoms with E-state index in [1.807, 2.05) is 0 Å². The summed E-state index contributed by atoms with van der Waals surface area (Å²) in [6, 6.07) is 0. The number of rotatable bonds is 0. The van der Waals surface area contributed by atoms with Gasteiger partial charge in [0, 0.05) is 17.6 Å². The van der Waals surface area contributed by atoms with Crippen molar-refractivity contribution in [2.75, 3.05) is 0 Å². The topological polar surface area (TPSA) is 9.23 Å². The Labute approximate surface area is 174 Å². The minimum Gasteiger partial charge on any atom is -0.0715 e. The zero-order chi connectivity index (χ0) is 19.9. The molecule has 1 spiro atoms. The molecule has 0 aromatic rings. The molecule has 0 aromatic carbocycles. The van der Waals surface area contributed by atoms with Crippen LogP contribution >= 0.6 is 0 Å². The monoisotopic (exact) mass is 454 g/mol. The fourth-order valence-corrected chi connectivity index (χ4v) is 8.70. The average molecular weight is 453 g/mol. The Balaban J connectivity index is 0.000000188. The van der Waals surface area contributed by atoms with E-state index in [0.29, 0.717) is 5.04 Å². The van der Waals surface area contributed by atoms with Crippen molar-refractivity contribution < 1.29 is 3.76 Å². The van der Waals surface area contributed by atoms with E-state index in [-0.39, 0.29) is 39.0 Å². The molecule has 1 aliphatic heterocycles. The van der Waals surface area contributed by atoms with Crippen molar-refractivity contribution in [3.63, 3.8) is 0 Å². The Kier molecular flexibility index (Phi) is 7.46. The molecule has 0 N–H and O–H groups in total. The minimum absolute atomic E-state index is 0.0502. The fraction of sp³-hybridized carbons (Fsp3) is 1.00. The minimum atomic E-state index is -0.0799. The van der Waals surface area contributed by atoms with Gasteiger partial charge in [0.15, 0.2) is 0 Å². The first kappa shape index (κ1) is 23.2. The Morgan fingerprint density at radius 1 is 0.808 bits per heavy atom. The first-order valence-corrected chi connectivity index (χ1v) is 18.2. The predicted molar refractivity (Wildman–Crippen MR) is 121 cm³/mol. The van der Waals surface area contributed by atoms with Gasteiger partial charge in [0.1, 0.15) is 0 Å². The van der Waals surface area contributed by atoms with Gasteiger partial charge in [-0.15, -0.1) is 0 Å². The smallest absolute Gasteiger partial charge is 0.0470 e. The molecule has 0 atom stereocenters. The molecule has 5 rings (SSSR count). The second kappa shape index (κ2) is 8.35. The molecular weight excluding hydrogens is 409 g/mol. The van der Waals surface area contributed by atoms with Crippen molar-refractivity contribution in [1.29, 1.82) is 0 Å². The SMILES string of the molecule is CC1(C)[O][Ge][C]12C1CC3CC(C1)CC2C3.C[Si](C)C.C[Si](C)C(C)(C)C. The van der Waals surface area contributed by atoms with E-state index in [9.17, 15) is 0 Å². The average Bonchev–Trinajstić information content (AvgIpc) is 2.44. The Morgan fingerprint density at radius 3 is 1.35 bits per heavy atom. The van der Waals surface area contributed by atoms with E-state index >= 15 is 0 Å². The third-order valence-corrected chi connectivity index (χ3v) is 15.4. The van der Waals surface area contributed by atoms with Crippen molar-refractivity contribution in [3.8, 4) is 0 Å². The summed E-state index contributed by atoms with van der Waals surface area (Å²) in [7, 11) is 0.0702. The summed E-state index contributed by atoms with van der Waals surface area (Å²) in [6.45, 7) is 23.2. The Hall–Kier alpha value is 0.937. The van der Waals surface area contributed by atoms with Crippen molar-refractivity contribution in [2.45, 2.75) is 114 Å². The van der Waals surface area contributed by atoms with Crippen molar-refractivity contribution >= 4 is 33.4 Å². The van der Waals surface area contributed by atoms with Crippen LogP contribution in [0.4, 0.5) is 0 Å². The molecule has 5 fully saturated rings. The second-order valence-corrected chi connectivity index (χ2v) is 20.7. The van der Waals surface area contributed by atoms with E-state index in [2.05, 4.69) is 67.4 Å². The van der Waals surface area contributed by atoms with Crippen LogP contribution in [0.1, 0.15) is 66.7 Å². The maximum atomic E-state index is 6.02. The van der Waals surface area contributed by atoms with E-state index in [1.165, 1.54) is 0 Å². The third kappa shape index (κ3) is 4.73. The fourth-order valence-electron chi connectivity index (χ4n) is 5.45. The molecule has 4 heteroatoms. The van der Waals surface area contributed by atoms with Gasteiger partial charge >= 0.3 is 99.0 Å². The quantitative estimate of drug-likeness (QED) is 0.361. The van der Waals surface area contributed by atoms with Crippen LogP contribution in [0.3, 0.4) is 0 Å². The molecule has 5 aliphatic rings. The van der Waals surface area contributed by atoms with Gasteiger partial charge in [0.25, 0.3) is 0 Å². The normalized spacial score (nSPS) is 39.2. The van der Waals surface area contributed by atoms with E-state index < -0.39 is 0 Å². The standard InChI is InChI=1S/C13H20GeO.C6H15Si.C3H9Si/c1-12(2)13(14-15-12)10-4-8-3-9(6-10)7-11(13)5-8;1-6(2,3)7(4)5;1-4(2)3/h8-11H,3-7H2,1-2H3;1-5H3;1-3H3. The number of hydrogen-bond acceptors (Lipinski definition) is 1. The molecule has 0 aromatic heterocycles. The van der Waals surface area contributed by atoms with Crippen molar-refractivity contribution in [2.24, 2.45) is 23.7 Å². The maximum absolute atomic E-state index is 6.02. The zero-order valence-electron chi connectivity index (χ0n) is 19.3. The van der Waals surface area contributed by atoms with Crippen molar-refractivity contribution in [1.82, 2.24) is 0 Å². The van der Waals surface area contributed by atoms with Crippen molar-refractivity contribution in [3.05, 3.63) is 0 Å². The van der Waals surface area contributed by atoms with Gasteiger partial charge in [-0.3, -0.25) is 0 Å². The van der Waals surface area contributed by atoms with Crippen LogP contribution < -0.4 is 0 Å². The van der Waals surface area contributed by atoms with Gasteiger partial charge in [-0.1, -0.05) is 53.5 Å². The van der Waals surface area contributed by atoms with Crippen LogP contribution in [0.25, 0.3) is 0 Å².